The van der Waals surface area contributed by atoms with Gasteiger partial charge < -0.3 is 4.74 Å². The monoisotopic (exact) mass is 286 g/mol. The molecule has 0 fully saturated rings. The van der Waals surface area contributed by atoms with Crippen LogP contribution in [-0.4, -0.2) is 12.9 Å². The minimum atomic E-state index is 0.220. The van der Waals surface area contributed by atoms with E-state index in [2.05, 4.69) is 6.07 Å². The summed E-state index contributed by atoms with van der Waals surface area (Å²) in [5.41, 5.74) is 2.41. The summed E-state index contributed by atoms with van der Waals surface area (Å²) >= 11 is 1.69. The first-order chi connectivity index (χ1) is 9.76. The van der Waals surface area contributed by atoms with Gasteiger partial charge in [0.05, 0.1) is 12.0 Å². The number of thiophene rings is 1. The van der Waals surface area contributed by atoms with Crippen molar-refractivity contribution in [1.29, 1.82) is 0 Å². The number of hydrogen-bond donors (Lipinski definition) is 0. The van der Waals surface area contributed by atoms with E-state index in [1.807, 2.05) is 24.3 Å². The molecule has 0 radical (unpaired) electrons. The quantitative estimate of drug-likeness (QED) is 0.792. The molecule has 2 aromatic rings. The maximum atomic E-state index is 12.4. The lowest BCUT2D eigenvalue weighted by molar-refractivity contribution is 0.0997. The van der Waals surface area contributed by atoms with Crippen molar-refractivity contribution < 1.29 is 9.53 Å². The molecular weight excluding hydrogens is 268 g/mol. The molecule has 0 unspecified atom stereocenters. The summed E-state index contributed by atoms with van der Waals surface area (Å²) in [5, 5.41) is 0. The second kappa shape index (κ2) is 5.80. The average Bonchev–Trinajstić information content (AvgIpc) is 2.91. The van der Waals surface area contributed by atoms with Crippen molar-refractivity contribution in [2.45, 2.75) is 32.1 Å². The van der Waals surface area contributed by atoms with E-state index in [4.69, 9.17) is 4.74 Å². The van der Waals surface area contributed by atoms with Crippen molar-refractivity contribution in [1.82, 2.24) is 0 Å². The first kappa shape index (κ1) is 13.4. The maximum Gasteiger partial charge on any atom is 0.177 e. The number of benzene rings is 1. The molecule has 1 aromatic carbocycles. The highest BCUT2D eigenvalue weighted by molar-refractivity contribution is 7.14. The summed E-state index contributed by atoms with van der Waals surface area (Å²) in [5.74, 6) is 1.03. The van der Waals surface area contributed by atoms with Gasteiger partial charge in [0.25, 0.3) is 0 Å². The number of rotatable bonds is 4. The third-order valence-corrected chi connectivity index (χ3v) is 5.05. The van der Waals surface area contributed by atoms with Gasteiger partial charge >= 0.3 is 0 Å². The Labute approximate surface area is 123 Å². The fourth-order valence-electron chi connectivity index (χ4n) is 2.68. The van der Waals surface area contributed by atoms with Gasteiger partial charge in [-0.1, -0.05) is 12.1 Å². The molecule has 0 bridgehead atoms. The highest BCUT2D eigenvalue weighted by Gasteiger charge is 2.17. The predicted molar refractivity (Wildman–Crippen MR) is 82.0 cm³/mol. The van der Waals surface area contributed by atoms with Crippen molar-refractivity contribution in [3.63, 3.8) is 0 Å². The molecule has 0 amide bonds. The van der Waals surface area contributed by atoms with E-state index in [0.717, 1.165) is 29.0 Å². The second-order valence-corrected chi connectivity index (χ2v) is 6.35. The van der Waals surface area contributed by atoms with Gasteiger partial charge in [-0.3, -0.25) is 4.79 Å². The van der Waals surface area contributed by atoms with E-state index >= 15 is 0 Å². The van der Waals surface area contributed by atoms with Crippen LogP contribution in [0.25, 0.3) is 0 Å². The molecule has 3 rings (SSSR count). The molecule has 0 atom stereocenters. The van der Waals surface area contributed by atoms with E-state index in [-0.39, 0.29) is 5.78 Å². The van der Waals surface area contributed by atoms with Crippen molar-refractivity contribution in [3.05, 3.63) is 51.2 Å². The molecule has 1 heterocycles. The first-order valence-electron chi connectivity index (χ1n) is 7.04. The van der Waals surface area contributed by atoms with Gasteiger partial charge in [-0.25, -0.2) is 0 Å². The number of ether oxygens (including phenoxy) is 1. The Bertz CT molecular complexity index is 604. The number of carbonyl (C=O) groups is 1. The van der Waals surface area contributed by atoms with Crippen LogP contribution < -0.4 is 4.74 Å². The summed E-state index contributed by atoms with van der Waals surface area (Å²) in [7, 11) is 1.65. The van der Waals surface area contributed by atoms with E-state index in [1.165, 1.54) is 23.3 Å². The normalized spacial score (nSPS) is 13.8. The summed E-state index contributed by atoms with van der Waals surface area (Å²) in [6, 6.07) is 9.86. The number of methoxy groups -OCH3 is 1. The molecule has 1 aromatic heterocycles. The summed E-state index contributed by atoms with van der Waals surface area (Å²) in [4.78, 5) is 14.7. The fourth-order valence-corrected chi connectivity index (χ4v) is 3.87. The van der Waals surface area contributed by atoms with E-state index in [0.29, 0.717) is 6.42 Å². The number of aryl methyl sites for hydroxylation is 2. The number of fused-ring (bicyclic) bond motifs is 1. The smallest absolute Gasteiger partial charge is 0.177 e. The Hall–Kier alpha value is -1.61. The lowest BCUT2D eigenvalue weighted by atomic mass is 9.98. The SMILES string of the molecule is COc1cccc(CC(=O)c2cc3c(s2)CCCC3)c1. The van der Waals surface area contributed by atoms with Crippen molar-refractivity contribution in [2.24, 2.45) is 0 Å². The number of ketones is 1. The molecule has 1 aliphatic rings. The van der Waals surface area contributed by atoms with Crippen LogP contribution in [0.2, 0.25) is 0 Å². The van der Waals surface area contributed by atoms with Crippen LogP contribution in [0.15, 0.2) is 30.3 Å². The van der Waals surface area contributed by atoms with E-state index < -0.39 is 0 Å². The Morgan fingerprint density at radius 3 is 2.90 bits per heavy atom. The molecule has 0 spiro atoms. The minimum absolute atomic E-state index is 0.220. The van der Waals surface area contributed by atoms with Gasteiger partial charge in [-0.2, -0.15) is 0 Å². The van der Waals surface area contributed by atoms with Gasteiger partial charge in [-0.05, 0) is 55.0 Å². The number of carbonyl (C=O) groups excluding carboxylic acids is 1. The minimum Gasteiger partial charge on any atom is -0.497 e. The standard InChI is InChI=1S/C17H18O2S/c1-19-14-7-4-5-12(9-14)10-15(18)17-11-13-6-2-3-8-16(13)20-17/h4-5,7,9,11H,2-3,6,8,10H2,1H3. The van der Waals surface area contributed by atoms with Crippen LogP contribution in [-0.2, 0) is 19.3 Å². The average molecular weight is 286 g/mol. The topological polar surface area (TPSA) is 26.3 Å². The van der Waals surface area contributed by atoms with Gasteiger partial charge in [0.2, 0.25) is 0 Å². The zero-order chi connectivity index (χ0) is 13.9. The molecule has 0 aliphatic heterocycles. The zero-order valence-corrected chi connectivity index (χ0v) is 12.5. The largest absolute Gasteiger partial charge is 0.497 e. The lowest BCUT2D eigenvalue weighted by Crippen LogP contribution is -2.01. The molecule has 0 N–H and O–H groups in total. The Morgan fingerprint density at radius 1 is 1.25 bits per heavy atom. The number of hydrogen-bond acceptors (Lipinski definition) is 3. The van der Waals surface area contributed by atoms with Crippen LogP contribution in [0.3, 0.4) is 0 Å². The third-order valence-electron chi connectivity index (χ3n) is 3.77. The van der Waals surface area contributed by atoms with Gasteiger partial charge in [0.1, 0.15) is 5.75 Å². The molecule has 1 aliphatic carbocycles. The van der Waals surface area contributed by atoms with Crippen LogP contribution in [0.1, 0.15) is 38.5 Å². The highest BCUT2D eigenvalue weighted by atomic mass is 32.1. The third kappa shape index (κ3) is 2.78. The Balaban J connectivity index is 1.77. The lowest BCUT2D eigenvalue weighted by Gasteiger charge is -2.08. The van der Waals surface area contributed by atoms with E-state index in [1.54, 1.807) is 18.4 Å². The first-order valence-corrected chi connectivity index (χ1v) is 7.85. The predicted octanol–water partition coefficient (Wildman–Crippen LogP) is 4.06. The van der Waals surface area contributed by atoms with Crippen LogP contribution in [0, 0.1) is 0 Å². The molecule has 3 heteroatoms. The highest BCUT2D eigenvalue weighted by Crippen LogP contribution is 2.30. The van der Waals surface area contributed by atoms with Gasteiger partial charge in [0, 0.05) is 11.3 Å². The fraction of sp³-hybridized carbons (Fsp3) is 0.353. The summed E-state index contributed by atoms with van der Waals surface area (Å²) < 4.78 is 5.20. The summed E-state index contributed by atoms with van der Waals surface area (Å²) in [6.07, 6.45) is 5.26. The molecule has 104 valence electrons. The van der Waals surface area contributed by atoms with E-state index in [9.17, 15) is 4.79 Å². The molecular formula is C17H18O2S. The molecule has 20 heavy (non-hydrogen) atoms. The van der Waals surface area contributed by atoms with Gasteiger partial charge in [0.15, 0.2) is 5.78 Å². The van der Waals surface area contributed by atoms with Crippen molar-refractivity contribution in [3.8, 4) is 5.75 Å². The molecule has 0 saturated carbocycles. The molecule has 2 nitrogen and oxygen atoms in total. The Morgan fingerprint density at radius 2 is 2.10 bits per heavy atom. The Kier molecular flexibility index (Phi) is 3.88. The van der Waals surface area contributed by atoms with Crippen LogP contribution in [0.5, 0.6) is 5.75 Å². The zero-order valence-electron chi connectivity index (χ0n) is 11.6. The molecule has 0 saturated heterocycles. The van der Waals surface area contributed by atoms with Crippen molar-refractivity contribution in [2.75, 3.05) is 7.11 Å². The van der Waals surface area contributed by atoms with Crippen molar-refractivity contribution >= 4 is 17.1 Å². The second-order valence-electron chi connectivity index (χ2n) is 5.22. The van der Waals surface area contributed by atoms with Crippen LogP contribution >= 0.6 is 11.3 Å². The van der Waals surface area contributed by atoms with Gasteiger partial charge in [-0.15, -0.1) is 11.3 Å². The number of Topliss-reactive ketones (excluding diaryl/α,β-unsaturated/α-hetero) is 1. The summed E-state index contributed by atoms with van der Waals surface area (Å²) in [6.45, 7) is 0. The maximum absolute atomic E-state index is 12.4. The van der Waals surface area contributed by atoms with Crippen LogP contribution in [0.4, 0.5) is 0 Å².